The molecule has 9 heteroatoms. The summed E-state index contributed by atoms with van der Waals surface area (Å²) >= 11 is 5.28. The molecule has 4 aromatic rings. The number of oxazole rings is 1. The number of thiocarbonyl (C=S) groups is 1. The van der Waals surface area contributed by atoms with Crippen LogP contribution in [-0.4, -0.2) is 20.9 Å². The number of benzene rings is 3. The van der Waals surface area contributed by atoms with Crippen LogP contribution in [0.15, 0.2) is 65.1 Å². The van der Waals surface area contributed by atoms with E-state index in [1.165, 1.54) is 23.8 Å². The van der Waals surface area contributed by atoms with Crippen molar-refractivity contribution < 1.29 is 14.1 Å². The maximum absolute atomic E-state index is 12.5. The van der Waals surface area contributed by atoms with Gasteiger partial charge in [0.25, 0.3) is 11.6 Å². The highest BCUT2D eigenvalue weighted by Gasteiger charge is 2.15. The molecule has 0 unspecified atom stereocenters. The van der Waals surface area contributed by atoms with E-state index in [0.717, 1.165) is 17.5 Å². The quantitative estimate of drug-likeness (QED) is 0.185. The molecule has 0 aliphatic rings. The molecule has 0 aliphatic carbocycles. The summed E-state index contributed by atoms with van der Waals surface area (Å²) in [6.07, 6.45) is 1.05. The van der Waals surface area contributed by atoms with Crippen molar-refractivity contribution in [3.05, 3.63) is 87.5 Å². The summed E-state index contributed by atoms with van der Waals surface area (Å²) < 4.78 is 5.95. The van der Waals surface area contributed by atoms with Crippen LogP contribution in [0.2, 0.25) is 0 Å². The van der Waals surface area contributed by atoms with Crippen molar-refractivity contribution in [2.24, 2.45) is 0 Å². The number of nitro groups is 1. The molecule has 0 bridgehead atoms. The molecular weight excluding hydrogens is 464 g/mol. The fourth-order valence-corrected chi connectivity index (χ4v) is 3.89. The monoisotopic (exact) mass is 488 g/mol. The molecule has 35 heavy (non-hydrogen) atoms. The highest BCUT2D eigenvalue weighted by Crippen LogP contribution is 2.29. The third-order valence-corrected chi connectivity index (χ3v) is 6.05. The Labute approximate surface area is 207 Å². The lowest BCUT2D eigenvalue weighted by molar-refractivity contribution is -0.385. The van der Waals surface area contributed by atoms with Gasteiger partial charge in [-0.1, -0.05) is 26.0 Å². The van der Waals surface area contributed by atoms with Gasteiger partial charge in [0.05, 0.1) is 4.92 Å². The maximum Gasteiger partial charge on any atom is 0.272 e. The molecule has 0 fully saturated rings. The second kappa shape index (κ2) is 10.0. The molecule has 3 aromatic carbocycles. The molecule has 1 atom stereocenters. The van der Waals surface area contributed by atoms with Crippen LogP contribution in [-0.2, 0) is 0 Å². The van der Waals surface area contributed by atoms with E-state index in [2.05, 4.69) is 41.6 Å². The number of hydrogen-bond donors (Lipinski definition) is 2. The van der Waals surface area contributed by atoms with Crippen LogP contribution in [0.4, 0.5) is 11.4 Å². The molecule has 0 radical (unpaired) electrons. The van der Waals surface area contributed by atoms with E-state index in [4.69, 9.17) is 16.6 Å². The summed E-state index contributed by atoms with van der Waals surface area (Å²) in [5.74, 6) is 0.465. The van der Waals surface area contributed by atoms with Crippen LogP contribution < -0.4 is 10.6 Å². The normalized spacial score (nSPS) is 11.7. The number of nitrogens with one attached hydrogen (secondary N) is 2. The highest BCUT2D eigenvalue weighted by molar-refractivity contribution is 7.80. The van der Waals surface area contributed by atoms with Crippen LogP contribution in [0.3, 0.4) is 0 Å². The van der Waals surface area contributed by atoms with Gasteiger partial charge in [-0.05, 0) is 79.5 Å². The number of anilines is 1. The molecule has 1 heterocycles. The Balaban J connectivity index is 1.47. The van der Waals surface area contributed by atoms with Gasteiger partial charge >= 0.3 is 0 Å². The fourth-order valence-electron chi connectivity index (χ4n) is 3.68. The summed E-state index contributed by atoms with van der Waals surface area (Å²) in [5, 5.41) is 16.7. The zero-order chi connectivity index (χ0) is 25.1. The van der Waals surface area contributed by atoms with Gasteiger partial charge in [0, 0.05) is 28.4 Å². The van der Waals surface area contributed by atoms with Crippen LogP contribution in [0.5, 0.6) is 0 Å². The van der Waals surface area contributed by atoms with Gasteiger partial charge < -0.3 is 9.73 Å². The third-order valence-electron chi connectivity index (χ3n) is 5.84. The van der Waals surface area contributed by atoms with Crippen molar-refractivity contribution >= 4 is 45.7 Å². The Bertz CT molecular complexity index is 1450. The number of nitro benzene ring substituents is 1. The second-order valence-corrected chi connectivity index (χ2v) is 8.71. The van der Waals surface area contributed by atoms with E-state index in [1.807, 2.05) is 30.3 Å². The number of amides is 1. The highest BCUT2D eigenvalue weighted by atomic mass is 32.1. The Morgan fingerprint density at radius 3 is 2.69 bits per heavy atom. The summed E-state index contributed by atoms with van der Waals surface area (Å²) in [7, 11) is 0. The summed E-state index contributed by atoms with van der Waals surface area (Å²) in [5.41, 5.74) is 4.77. The minimum absolute atomic E-state index is 0.0469. The lowest BCUT2D eigenvalue weighted by Crippen LogP contribution is -2.34. The molecule has 0 aliphatic heterocycles. The SMILES string of the molecule is CC[C@H](C)c1ccc2oc(-c3cccc(NC(=S)NC(=O)c4ccc([N+](=O)[O-])c(C)c4)c3)nc2c1. The Morgan fingerprint density at radius 1 is 1.17 bits per heavy atom. The van der Waals surface area contributed by atoms with Crippen molar-refractivity contribution in [1.82, 2.24) is 10.3 Å². The van der Waals surface area contributed by atoms with Gasteiger partial charge in [-0.25, -0.2) is 4.98 Å². The second-order valence-electron chi connectivity index (χ2n) is 8.30. The molecule has 4 rings (SSSR count). The molecule has 2 N–H and O–H groups in total. The Morgan fingerprint density at radius 2 is 1.97 bits per heavy atom. The van der Waals surface area contributed by atoms with Gasteiger partial charge in [-0.15, -0.1) is 0 Å². The standard InChI is InChI=1S/C26H24N4O4S/c1-4-15(2)17-9-11-23-21(14-17)28-25(34-23)19-6-5-7-20(13-19)27-26(35)29-24(31)18-8-10-22(30(32)33)16(3)12-18/h5-15H,4H2,1-3H3,(H2,27,29,31,35)/t15-/m0/s1. The first-order valence-electron chi connectivity index (χ1n) is 11.1. The number of hydrogen-bond acceptors (Lipinski definition) is 6. The average Bonchev–Trinajstić information content (AvgIpc) is 3.27. The van der Waals surface area contributed by atoms with Crippen LogP contribution in [0.1, 0.15) is 47.7 Å². The predicted octanol–water partition coefficient (Wildman–Crippen LogP) is 6.35. The lowest BCUT2D eigenvalue weighted by Gasteiger charge is -2.10. The number of rotatable bonds is 6. The van der Waals surface area contributed by atoms with E-state index >= 15 is 0 Å². The zero-order valence-electron chi connectivity index (χ0n) is 19.5. The third kappa shape index (κ3) is 5.36. The Hall–Kier alpha value is -4.11. The van der Waals surface area contributed by atoms with Crippen molar-refractivity contribution in [1.29, 1.82) is 0 Å². The summed E-state index contributed by atoms with van der Waals surface area (Å²) in [6.45, 7) is 5.91. The molecule has 0 spiro atoms. The molecule has 178 valence electrons. The molecule has 1 amide bonds. The van der Waals surface area contributed by atoms with Crippen LogP contribution in [0, 0.1) is 17.0 Å². The van der Waals surface area contributed by atoms with Gasteiger partial charge in [-0.3, -0.25) is 20.2 Å². The first kappa shape index (κ1) is 24.0. The van der Waals surface area contributed by atoms with Gasteiger partial charge in [-0.2, -0.15) is 0 Å². The van der Waals surface area contributed by atoms with E-state index < -0.39 is 10.8 Å². The number of nitrogens with zero attached hydrogens (tertiary/aromatic N) is 2. The van der Waals surface area contributed by atoms with Gasteiger partial charge in [0.15, 0.2) is 10.7 Å². The smallest absolute Gasteiger partial charge is 0.272 e. The molecule has 0 saturated heterocycles. The maximum atomic E-state index is 12.5. The molecule has 1 aromatic heterocycles. The van der Waals surface area contributed by atoms with E-state index in [1.54, 1.807) is 6.92 Å². The first-order chi connectivity index (χ1) is 16.7. The van der Waals surface area contributed by atoms with Crippen molar-refractivity contribution in [3.63, 3.8) is 0 Å². The van der Waals surface area contributed by atoms with E-state index in [9.17, 15) is 14.9 Å². The molecule has 8 nitrogen and oxygen atoms in total. The summed E-state index contributed by atoms with van der Waals surface area (Å²) in [6, 6.07) is 17.6. The number of carbonyl (C=O) groups is 1. The van der Waals surface area contributed by atoms with E-state index in [-0.39, 0.29) is 16.4 Å². The van der Waals surface area contributed by atoms with Crippen molar-refractivity contribution in [2.45, 2.75) is 33.1 Å². The van der Waals surface area contributed by atoms with Crippen molar-refractivity contribution in [2.75, 3.05) is 5.32 Å². The van der Waals surface area contributed by atoms with Gasteiger partial charge in [0.1, 0.15) is 5.52 Å². The average molecular weight is 489 g/mol. The Kier molecular flexibility index (Phi) is 6.88. The van der Waals surface area contributed by atoms with E-state index in [0.29, 0.717) is 28.6 Å². The molecular formula is C26H24N4O4S. The number of fused-ring (bicyclic) bond motifs is 1. The zero-order valence-corrected chi connectivity index (χ0v) is 20.3. The number of aromatic nitrogens is 1. The topological polar surface area (TPSA) is 110 Å². The number of aryl methyl sites for hydroxylation is 1. The minimum Gasteiger partial charge on any atom is -0.436 e. The lowest BCUT2D eigenvalue weighted by atomic mass is 9.98. The molecule has 0 saturated carbocycles. The van der Waals surface area contributed by atoms with Crippen molar-refractivity contribution in [3.8, 4) is 11.5 Å². The largest absolute Gasteiger partial charge is 0.436 e. The predicted molar refractivity (Wildman–Crippen MR) is 140 cm³/mol. The van der Waals surface area contributed by atoms with Crippen LogP contribution in [0.25, 0.3) is 22.6 Å². The van der Waals surface area contributed by atoms with Gasteiger partial charge in [0.2, 0.25) is 5.89 Å². The summed E-state index contributed by atoms with van der Waals surface area (Å²) in [4.78, 5) is 27.7. The minimum atomic E-state index is -0.488. The first-order valence-corrected chi connectivity index (χ1v) is 11.5. The van der Waals surface area contributed by atoms with Crippen LogP contribution >= 0.6 is 12.2 Å². The number of carbonyl (C=O) groups excluding carboxylic acids is 1. The fraction of sp³-hybridized carbons (Fsp3) is 0.192.